The monoisotopic (exact) mass is 269 g/mol. The third-order valence-corrected chi connectivity index (χ3v) is 4.28. The molecule has 0 bridgehead atoms. The topological polar surface area (TPSA) is 81.7 Å². The van der Waals surface area contributed by atoms with Crippen LogP contribution in [0.15, 0.2) is 0 Å². The van der Waals surface area contributed by atoms with E-state index in [9.17, 15) is 9.59 Å². The number of carboxylic acids is 1. The average Bonchev–Trinajstić information content (AvgIpc) is 3.17. The minimum atomic E-state index is -0.803. The fourth-order valence-electron chi connectivity index (χ4n) is 2.43. The molecular formula is C13H23N3O3. The summed E-state index contributed by atoms with van der Waals surface area (Å²) in [5, 5.41) is 14.5. The minimum Gasteiger partial charge on any atom is -0.481 e. The normalized spacial score (nSPS) is 22.8. The number of hydrogen-bond donors (Lipinski definition) is 3. The number of carboxylic acid groups (broad SMARTS) is 1. The summed E-state index contributed by atoms with van der Waals surface area (Å²) in [6.45, 7) is 3.08. The first kappa shape index (κ1) is 14.1. The molecule has 1 heterocycles. The highest BCUT2D eigenvalue weighted by Crippen LogP contribution is 2.45. The highest BCUT2D eigenvalue weighted by molar-refractivity contribution is 5.80. The van der Waals surface area contributed by atoms with Crippen molar-refractivity contribution >= 4 is 12.0 Å². The van der Waals surface area contributed by atoms with Crippen molar-refractivity contribution in [2.24, 2.45) is 11.3 Å². The van der Waals surface area contributed by atoms with Crippen LogP contribution in [-0.4, -0.2) is 55.2 Å². The molecule has 108 valence electrons. The van der Waals surface area contributed by atoms with Crippen LogP contribution in [0.5, 0.6) is 0 Å². The third-order valence-electron chi connectivity index (χ3n) is 4.28. The number of nitrogens with one attached hydrogen (secondary N) is 2. The van der Waals surface area contributed by atoms with E-state index in [-0.39, 0.29) is 12.6 Å². The summed E-state index contributed by atoms with van der Waals surface area (Å²) < 4.78 is 0. The number of hydrogen-bond acceptors (Lipinski definition) is 3. The lowest BCUT2D eigenvalue weighted by molar-refractivity contribution is -0.143. The summed E-state index contributed by atoms with van der Waals surface area (Å²) in [5.74, 6) is -0.264. The Morgan fingerprint density at radius 3 is 2.42 bits per heavy atom. The molecule has 3 N–H and O–H groups in total. The number of amides is 2. The molecule has 0 unspecified atom stereocenters. The Morgan fingerprint density at radius 2 is 1.89 bits per heavy atom. The number of likely N-dealkylation sites (tertiary alicyclic amines) is 1. The van der Waals surface area contributed by atoms with Gasteiger partial charge >= 0.3 is 12.0 Å². The number of piperidine rings is 1. The lowest BCUT2D eigenvalue weighted by Crippen LogP contribution is -2.43. The van der Waals surface area contributed by atoms with Gasteiger partial charge in [0.15, 0.2) is 0 Å². The molecule has 0 atom stereocenters. The standard InChI is InChI=1S/C13H23N3O3/c1-16-6-2-10(3-7-16)8-14-12(19)15-9-13(4-5-13)11(17)18/h10H,2-9H2,1H3,(H,17,18)(H2,14,15,19). The minimum absolute atomic E-state index is 0.238. The van der Waals surface area contributed by atoms with Gasteiger partial charge in [-0.05, 0) is 51.7 Å². The van der Waals surface area contributed by atoms with Gasteiger partial charge in [0.25, 0.3) is 0 Å². The van der Waals surface area contributed by atoms with Gasteiger partial charge in [-0.25, -0.2) is 4.79 Å². The van der Waals surface area contributed by atoms with Crippen LogP contribution in [0.2, 0.25) is 0 Å². The number of nitrogens with zero attached hydrogens (tertiary/aromatic N) is 1. The molecule has 2 aliphatic rings. The quantitative estimate of drug-likeness (QED) is 0.678. The van der Waals surface area contributed by atoms with E-state index in [0.29, 0.717) is 25.3 Å². The predicted octanol–water partition coefficient (Wildman–Crippen LogP) is 0.492. The Labute approximate surface area is 113 Å². The van der Waals surface area contributed by atoms with Gasteiger partial charge in [-0.3, -0.25) is 4.79 Å². The number of carbonyl (C=O) groups is 2. The molecule has 2 amide bonds. The van der Waals surface area contributed by atoms with Crippen molar-refractivity contribution in [3.63, 3.8) is 0 Å². The van der Waals surface area contributed by atoms with E-state index in [1.54, 1.807) is 0 Å². The molecule has 0 radical (unpaired) electrons. The van der Waals surface area contributed by atoms with Crippen LogP contribution in [-0.2, 0) is 4.79 Å². The molecule has 1 saturated heterocycles. The predicted molar refractivity (Wildman–Crippen MR) is 70.9 cm³/mol. The van der Waals surface area contributed by atoms with E-state index in [2.05, 4.69) is 22.6 Å². The van der Waals surface area contributed by atoms with Crippen LogP contribution in [0.4, 0.5) is 4.79 Å². The molecule has 2 rings (SSSR count). The second kappa shape index (κ2) is 5.77. The highest BCUT2D eigenvalue weighted by Gasteiger charge is 2.50. The Hall–Kier alpha value is -1.30. The fourth-order valence-corrected chi connectivity index (χ4v) is 2.43. The van der Waals surface area contributed by atoms with Crippen LogP contribution >= 0.6 is 0 Å². The number of carbonyl (C=O) groups excluding carboxylic acids is 1. The van der Waals surface area contributed by atoms with Gasteiger partial charge in [-0.1, -0.05) is 0 Å². The van der Waals surface area contributed by atoms with Gasteiger partial charge in [0.05, 0.1) is 5.41 Å². The van der Waals surface area contributed by atoms with Crippen molar-refractivity contribution in [2.75, 3.05) is 33.2 Å². The molecule has 2 fully saturated rings. The van der Waals surface area contributed by atoms with Gasteiger partial charge in [0.1, 0.15) is 0 Å². The maximum Gasteiger partial charge on any atom is 0.314 e. The smallest absolute Gasteiger partial charge is 0.314 e. The molecule has 1 saturated carbocycles. The Balaban J connectivity index is 1.61. The first-order valence-corrected chi connectivity index (χ1v) is 6.95. The molecule has 1 aliphatic carbocycles. The van der Waals surface area contributed by atoms with E-state index in [1.807, 2.05) is 0 Å². The fraction of sp³-hybridized carbons (Fsp3) is 0.846. The molecule has 6 heteroatoms. The summed E-state index contributed by atoms with van der Waals surface area (Å²) in [6, 6.07) is -0.244. The number of aliphatic carboxylic acids is 1. The van der Waals surface area contributed by atoms with Crippen molar-refractivity contribution in [1.82, 2.24) is 15.5 Å². The van der Waals surface area contributed by atoms with Crippen LogP contribution in [0, 0.1) is 11.3 Å². The van der Waals surface area contributed by atoms with E-state index in [1.165, 1.54) is 0 Å². The van der Waals surface area contributed by atoms with Gasteiger partial charge in [0.2, 0.25) is 0 Å². The van der Waals surface area contributed by atoms with Crippen LogP contribution in [0.25, 0.3) is 0 Å². The lowest BCUT2D eigenvalue weighted by atomic mass is 9.97. The van der Waals surface area contributed by atoms with Crippen molar-refractivity contribution in [3.05, 3.63) is 0 Å². The summed E-state index contributed by atoms with van der Waals surface area (Å²) in [4.78, 5) is 24.9. The summed E-state index contributed by atoms with van der Waals surface area (Å²) in [6.07, 6.45) is 3.54. The van der Waals surface area contributed by atoms with Gasteiger partial charge < -0.3 is 20.6 Å². The van der Waals surface area contributed by atoms with Gasteiger partial charge in [0, 0.05) is 13.1 Å². The first-order valence-electron chi connectivity index (χ1n) is 6.95. The highest BCUT2D eigenvalue weighted by atomic mass is 16.4. The zero-order chi connectivity index (χ0) is 13.9. The van der Waals surface area contributed by atoms with E-state index >= 15 is 0 Å². The van der Waals surface area contributed by atoms with E-state index in [4.69, 9.17) is 5.11 Å². The average molecular weight is 269 g/mol. The summed E-state index contributed by atoms with van der Waals surface area (Å²) >= 11 is 0. The van der Waals surface area contributed by atoms with Crippen molar-refractivity contribution < 1.29 is 14.7 Å². The molecule has 19 heavy (non-hydrogen) atoms. The van der Waals surface area contributed by atoms with Crippen molar-refractivity contribution in [1.29, 1.82) is 0 Å². The zero-order valence-electron chi connectivity index (χ0n) is 11.4. The Kier molecular flexibility index (Phi) is 4.29. The summed E-state index contributed by atoms with van der Waals surface area (Å²) in [7, 11) is 2.11. The lowest BCUT2D eigenvalue weighted by Gasteiger charge is -2.29. The number of rotatable bonds is 5. The Bertz CT molecular complexity index is 347. The first-order chi connectivity index (χ1) is 9.02. The third kappa shape index (κ3) is 3.83. The Morgan fingerprint density at radius 1 is 1.26 bits per heavy atom. The van der Waals surface area contributed by atoms with Crippen LogP contribution in [0.3, 0.4) is 0 Å². The molecule has 0 aromatic carbocycles. The van der Waals surface area contributed by atoms with Crippen molar-refractivity contribution in [2.45, 2.75) is 25.7 Å². The molecule has 6 nitrogen and oxygen atoms in total. The second-order valence-electron chi connectivity index (χ2n) is 5.90. The summed E-state index contributed by atoms with van der Waals surface area (Å²) in [5.41, 5.74) is -0.690. The van der Waals surface area contributed by atoms with E-state index in [0.717, 1.165) is 25.9 Å². The molecular weight excluding hydrogens is 246 g/mol. The van der Waals surface area contributed by atoms with Crippen LogP contribution < -0.4 is 10.6 Å². The number of urea groups is 1. The largest absolute Gasteiger partial charge is 0.481 e. The SMILES string of the molecule is CN1CCC(CNC(=O)NCC2(C(=O)O)CC2)CC1. The second-order valence-corrected chi connectivity index (χ2v) is 5.90. The van der Waals surface area contributed by atoms with E-state index < -0.39 is 11.4 Å². The van der Waals surface area contributed by atoms with Crippen LogP contribution in [0.1, 0.15) is 25.7 Å². The molecule has 0 spiro atoms. The van der Waals surface area contributed by atoms with Gasteiger partial charge in [-0.15, -0.1) is 0 Å². The van der Waals surface area contributed by atoms with Crippen molar-refractivity contribution in [3.8, 4) is 0 Å². The molecule has 0 aromatic rings. The maximum atomic E-state index is 11.6. The molecule has 1 aliphatic heterocycles. The zero-order valence-corrected chi connectivity index (χ0v) is 11.4. The van der Waals surface area contributed by atoms with Gasteiger partial charge in [-0.2, -0.15) is 0 Å². The molecule has 0 aromatic heterocycles. The maximum absolute atomic E-state index is 11.6.